The highest BCUT2D eigenvalue weighted by molar-refractivity contribution is 7.91. The minimum Gasteiger partial charge on any atom is -0.368 e. The highest BCUT2D eigenvalue weighted by Crippen LogP contribution is 2.27. The predicted octanol–water partition coefficient (Wildman–Crippen LogP) is 1.53. The van der Waals surface area contributed by atoms with Gasteiger partial charge < -0.3 is 10.2 Å². The maximum absolute atomic E-state index is 12.5. The maximum Gasteiger partial charge on any atom is 0.180 e. The average Bonchev–Trinajstić information content (AvgIpc) is 2.38. The van der Waals surface area contributed by atoms with Gasteiger partial charge >= 0.3 is 0 Å². The van der Waals surface area contributed by atoms with Gasteiger partial charge in [-0.3, -0.25) is 0 Å². The zero-order chi connectivity index (χ0) is 13.9. The van der Waals surface area contributed by atoms with Crippen LogP contribution in [0.5, 0.6) is 0 Å². The van der Waals surface area contributed by atoms with E-state index in [-0.39, 0.29) is 11.7 Å². The van der Waals surface area contributed by atoms with Gasteiger partial charge in [0.25, 0.3) is 0 Å². The molecule has 0 saturated carbocycles. The summed E-state index contributed by atoms with van der Waals surface area (Å²) in [7, 11) is -3.20. The number of nitrogens with zero attached hydrogens (tertiary/aromatic N) is 1. The summed E-state index contributed by atoms with van der Waals surface area (Å²) in [5, 5.41) is 3.28. The number of benzene rings is 1. The van der Waals surface area contributed by atoms with Crippen molar-refractivity contribution in [3.05, 3.63) is 24.3 Å². The summed E-state index contributed by atoms with van der Waals surface area (Å²) in [5.74, 6) is 0.344. The van der Waals surface area contributed by atoms with Gasteiger partial charge in [-0.15, -0.1) is 0 Å². The lowest BCUT2D eigenvalue weighted by molar-refractivity contribution is 0.574. The Balaban J connectivity index is 2.35. The first-order valence-corrected chi connectivity index (χ1v) is 8.43. The van der Waals surface area contributed by atoms with Gasteiger partial charge in [0.05, 0.1) is 16.3 Å². The molecule has 0 unspecified atom stereocenters. The summed E-state index contributed by atoms with van der Waals surface area (Å²) in [5.41, 5.74) is 0.852. The number of piperazine rings is 1. The molecule has 0 bridgehead atoms. The Kier molecular flexibility index (Phi) is 4.47. The van der Waals surface area contributed by atoms with Crippen LogP contribution in [-0.2, 0) is 9.84 Å². The Labute approximate surface area is 115 Å². The number of para-hydroxylation sites is 1. The van der Waals surface area contributed by atoms with E-state index < -0.39 is 9.84 Å². The summed E-state index contributed by atoms with van der Waals surface area (Å²) in [4.78, 5) is 2.63. The number of sulfone groups is 1. The number of rotatable bonds is 4. The maximum atomic E-state index is 12.5. The van der Waals surface area contributed by atoms with Gasteiger partial charge in [0.1, 0.15) is 0 Å². The Bertz CT molecular complexity index is 520. The predicted molar refractivity (Wildman–Crippen MR) is 78.4 cm³/mol. The van der Waals surface area contributed by atoms with Crippen molar-refractivity contribution in [3.63, 3.8) is 0 Å². The van der Waals surface area contributed by atoms with Gasteiger partial charge in [0.15, 0.2) is 9.84 Å². The van der Waals surface area contributed by atoms with E-state index in [4.69, 9.17) is 0 Å². The van der Waals surface area contributed by atoms with E-state index in [9.17, 15) is 8.42 Å². The second-order valence-corrected chi connectivity index (χ2v) is 7.38. The summed E-state index contributed by atoms with van der Waals surface area (Å²) in [6, 6.07) is 7.36. The highest BCUT2D eigenvalue weighted by Gasteiger charge is 2.23. The van der Waals surface area contributed by atoms with Crippen LogP contribution < -0.4 is 10.2 Å². The summed E-state index contributed by atoms with van der Waals surface area (Å²) < 4.78 is 24.9. The molecule has 0 spiro atoms. The molecule has 1 fully saturated rings. The molecule has 1 heterocycles. The van der Waals surface area contributed by atoms with E-state index in [2.05, 4.69) is 10.2 Å². The molecule has 1 saturated heterocycles. The summed E-state index contributed by atoms with van der Waals surface area (Å²) in [6.45, 7) is 7.38. The molecule has 1 aliphatic rings. The van der Waals surface area contributed by atoms with Crippen LogP contribution in [0.4, 0.5) is 5.69 Å². The molecular formula is C14H22N2O2S. The first-order chi connectivity index (χ1) is 9.00. The van der Waals surface area contributed by atoms with E-state index in [1.54, 1.807) is 12.1 Å². The second kappa shape index (κ2) is 5.92. The van der Waals surface area contributed by atoms with E-state index in [0.717, 1.165) is 31.9 Å². The van der Waals surface area contributed by atoms with Crippen LogP contribution >= 0.6 is 0 Å². The standard InChI is InChI=1S/C14H22N2O2S/c1-12(2)11-19(17,18)14-6-4-3-5-13(14)16-9-7-15-8-10-16/h3-6,12,15H,7-11H2,1-2H3. The molecule has 1 aromatic rings. The van der Waals surface area contributed by atoms with E-state index in [1.807, 2.05) is 26.0 Å². The number of hydrogen-bond acceptors (Lipinski definition) is 4. The Morgan fingerprint density at radius 1 is 1.21 bits per heavy atom. The van der Waals surface area contributed by atoms with Crippen molar-refractivity contribution in [2.75, 3.05) is 36.8 Å². The summed E-state index contributed by atoms with van der Waals surface area (Å²) in [6.07, 6.45) is 0. The molecular weight excluding hydrogens is 260 g/mol. The van der Waals surface area contributed by atoms with Gasteiger partial charge in [-0.05, 0) is 18.1 Å². The smallest absolute Gasteiger partial charge is 0.180 e. The van der Waals surface area contributed by atoms with Crippen LogP contribution in [0.15, 0.2) is 29.2 Å². The number of nitrogens with one attached hydrogen (secondary N) is 1. The lowest BCUT2D eigenvalue weighted by Crippen LogP contribution is -2.44. The zero-order valence-corrected chi connectivity index (χ0v) is 12.4. The van der Waals surface area contributed by atoms with Gasteiger partial charge in [-0.1, -0.05) is 26.0 Å². The quantitative estimate of drug-likeness (QED) is 0.910. The fourth-order valence-corrected chi connectivity index (χ4v) is 4.27. The lowest BCUT2D eigenvalue weighted by atomic mass is 10.2. The summed E-state index contributed by atoms with van der Waals surface area (Å²) >= 11 is 0. The minimum absolute atomic E-state index is 0.140. The fourth-order valence-electron chi connectivity index (χ4n) is 2.42. The van der Waals surface area contributed by atoms with Gasteiger partial charge in [0.2, 0.25) is 0 Å². The molecule has 0 amide bonds. The fraction of sp³-hybridized carbons (Fsp3) is 0.571. The molecule has 2 rings (SSSR count). The first kappa shape index (κ1) is 14.3. The van der Waals surface area contributed by atoms with Crippen molar-refractivity contribution in [3.8, 4) is 0 Å². The third-order valence-corrected chi connectivity index (χ3v) is 5.33. The average molecular weight is 282 g/mol. The normalized spacial score (nSPS) is 16.9. The van der Waals surface area contributed by atoms with Gasteiger partial charge in [-0.25, -0.2) is 8.42 Å². The third-order valence-electron chi connectivity index (χ3n) is 3.21. The zero-order valence-electron chi connectivity index (χ0n) is 11.6. The van der Waals surface area contributed by atoms with Crippen LogP contribution in [0.1, 0.15) is 13.8 Å². The van der Waals surface area contributed by atoms with Crippen molar-refractivity contribution in [2.24, 2.45) is 5.92 Å². The monoisotopic (exact) mass is 282 g/mol. The molecule has 0 aromatic heterocycles. The van der Waals surface area contributed by atoms with Gasteiger partial charge in [0, 0.05) is 26.2 Å². The van der Waals surface area contributed by atoms with Crippen LogP contribution in [-0.4, -0.2) is 40.3 Å². The van der Waals surface area contributed by atoms with Crippen LogP contribution in [0.25, 0.3) is 0 Å². The molecule has 1 aliphatic heterocycles. The molecule has 0 atom stereocenters. The SMILES string of the molecule is CC(C)CS(=O)(=O)c1ccccc1N1CCNCC1. The van der Waals surface area contributed by atoms with Crippen LogP contribution in [0.3, 0.4) is 0 Å². The highest BCUT2D eigenvalue weighted by atomic mass is 32.2. The molecule has 4 nitrogen and oxygen atoms in total. The third kappa shape index (κ3) is 3.48. The second-order valence-electron chi connectivity index (χ2n) is 5.38. The van der Waals surface area contributed by atoms with Gasteiger partial charge in [-0.2, -0.15) is 0 Å². The topological polar surface area (TPSA) is 49.4 Å². The van der Waals surface area contributed by atoms with Crippen molar-refractivity contribution in [1.29, 1.82) is 0 Å². The molecule has 106 valence electrons. The number of hydrogen-bond donors (Lipinski definition) is 1. The Morgan fingerprint density at radius 3 is 2.47 bits per heavy atom. The van der Waals surface area contributed by atoms with Crippen molar-refractivity contribution in [2.45, 2.75) is 18.7 Å². The Hall–Kier alpha value is -1.07. The molecule has 1 aromatic carbocycles. The van der Waals surface area contributed by atoms with Crippen molar-refractivity contribution >= 4 is 15.5 Å². The van der Waals surface area contributed by atoms with Crippen LogP contribution in [0.2, 0.25) is 0 Å². The lowest BCUT2D eigenvalue weighted by Gasteiger charge is -2.31. The Morgan fingerprint density at radius 2 is 1.84 bits per heavy atom. The van der Waals surface area contributed by atoms with E-state index in [1.165, 1.54) is 0 Å². The van der Waals surface area contributed by atoms with E-state index >= 15 is 0 Å². The van der Waals surface area contributed by atoms with Crippen molar-refractivity contribution in [1.82, 2.24) is 5.32 Å². The number of anilines is 1. The largest absolute Gasteiger partial charge is 0.368 e. The molecule has 1 N–H and O–H groups in total. The van der Waals surface area contributed by atoms with E-state index in [0.29, 0.717) is 4.90 Å². The first-order valence-electron chi connectivity index (χ1n) is 6.78. The molecule has 5 heteroatoms. The van der Waals surface area contributed by atoms with Crippen LogP contribution in [0, 0.1) is 5.92 Å². The van der Waals surface area contributed by atoms with Crippen molar-refractivity contribution < 1.29 is 8.42 Å². The molecule has 0 radical (unpaired) electrons. The molecule has 0 aliphatic carbocycles. The minimum atomic E-state index is -3.20. The molecule has 19 heavy (non-hydrogen) atoms.